The van der Waals surface area contributed by atoms with E-state index in [0.717, 1.165) is 60.9 Å². The summed E-state index contributed by atoms with van der Waals surface area (Å²) in [4.78, 5) is 14.8. The smallest absolute Gasteiger partial charge is 0.164 e. The summed E-state index contributed by atoms with van der Waals surface area (Å²) in [6.45, 7) is 0. The van der Waals surface area contributed by atoms with Crippen molar-refractivity contribution in [1.29, 1.82) is 0 Å². The quantitative estimate of drug-likeness (QED) is 0.184. The van der Waals surface area contributed by atoms with Gasteiger partial charge in [-0.15, -0.1) is 0 Å². The monoisotopic (exact) mass is 627 g/mol. The van der Waals surface area contributed by atoms with E-state index < -0.39 is 0 Å². The van der Waals surface area contributed by atoms with Gasteiger partial charge in [-0.25, -0.2) is 15.0 Å². The second kappa shape index (κ2) is 12.2. The van der Waals surface area contributed by atoms with Crippen molar-refractivity contribution in [2.24, 2.45) is 0 Å². The van der Waals surface area contributed by atoms with Crippen molar-refractivity contribution in [1.82, 2.24) is 15.0 Å². The molecule has 0 fully saturated rings. The molecule has 0 aliphatic rings. The molecule has 2 heterocycles. The lowest BCUT2D eigenvalue weighted by Gasteiger charge is -2.10. The maximum absolute atomic E-state index is 6.39. The first kappa shape index (κ1) is 28.6. The Morgan fingerprint density at radius 3 is 1.41 bits per heavy atom. The molecule has 0 unspecified atom stereocenters. The van der Waals surface area contributed by atoms with E-state index in [0.29, 0.717) is 17.5 Å². The van der Waals surface area contributed by atoms with Crippen LogP contribution in [0.1, 0.15) is 0 Å². The Labute approximate surface area is 284 Å². The molecule has 7 aromatic carbocycles. The van der Waals surface area contributed by atoms with Gasteiger partial charge in [-0.1, -0.05) is 152 Å². The van der Waals surface area contributed by atoms with Crippen LogP contribution < -0.4 is 0 Å². The summed E-state index contributed by atoms with van der Waals surface area (Å²) in [5.74, 6) is 1.91. The maximum Gasteiger partial charge on any atom is 0.164 e. The van der Waals surface area contributed by atoms with Crippen LogP contribution >= 0.6 is 0 Å². The molecule has 0 N–H and O–H groups in total. The van der Waals surface area contributed by atoms with Crippen LogP contribution in [0.4, 0.5) is 0 Å². The van der Waals surface area contributed by atoms with E-state index in [4.69, 9.17) is 19.4 Å². The SMILES string of the molecule is c1ccc(-c2ccc(-c3ccc4oc5cccc(-c6cccc(-c7nc(-c8ccccc8)nc(-c8ccccc8)n7)c6)c5c4c3)cc2)cc1. The Bertz CT molecular complexity index is 2520. The van der Waals surface area contributed by atoms with Crippen LogP contribution in [-0.4, -0.2) is 15.0 Å². The van der Waals surface area contributed by atoms with E-state index in [1.165, 1.54) is 11.1 Å². The van der Waals surface area contributed by atoms with Gasteiger partial charge in [0.1, 0.15) is 11.2 Å². The molecular formula is C45H29N3O. The minimum absolute atomic E-state index is 0.625. The molecule has 0 saturated heterocycles. The van der Waals surface area contributed by atoms with Gasteiger partial charge in [-0.2, -0.15) is 0 Å². The first-order valence-corrected chi connectivity index (χ1v) is 16.4. The molecule has 0 bridgehead atoms. The molecule has 9 aromatic rings. The van der Waals surface area contributed by atoms with E-state index in [1.54, 1.807) is 0 Å². The lowest BCUT2D eigenvalue weighted by atomic mass is 9.95. The molecule has 49 heavy (non-hydrogen) atoms. The van der Waals surface area contributed by atoms with Gasteiger partial charge in [-0.3, -0.25) is 0 Å². The van der Waals surface area contributed by atoms with Gasteiger partial charge in [0.2, 0.25) is 0 Å². The zero-order chi connectivity index (χ0) is 32.6. The van der Waals surface area contributed by atoms with Crippen LogP contribution in [0.3, 0.4) is 0 Å². The fourth-order valence-electron chi connectivity index (χ4n) is 6.50. The predicted octanol–water partition coefficient (Wildman–Crippen LogP) is 11.8. The Balaban J connectivity index is 1.14. The highest BCUT2D eigenvalue weighted by atomic mass is 16.3. The van der Waals surface area contributed by atoms with Crippen LogP contribution in [0.5, 0.6) is 0 Å². The fourth-order valence-corrected chi connectivity index (χ4v) is 6.50. The Kier molecular flexibility index (Phi) is 7.10. The Morgan fingerprint density at radius 2 is 0.776 bits per heavy atom. The summed E-state index contributed by atoms with van der Waals surface area (Å²) in [7, 11) is 0. The normalized spacial score (nSPS) is 11.3. The lowest BCUT2D eigenvalue weighted by molar-refractivity contribution is 0.669. The molecule has 9 rings (SSSR count). The van der Waals surface area contributed by atoms with Crippen molar-refractivity contribution in [2.45, 2.75) is 0 Å². The van der Waals surface area contributed by atoms with Crippen molar-refractivity contribution in [3.8, 4) is 67.5 Å². The van der Waals surface area contributed by atoms with Crippen LogP contribution in [0.2, 0.25) is 0 Å². The van der Waals surface area contributed by atoms with Gasteiger partial charge in [0, 0.05) is 27.5 Å². The molecule has 2 aromatic heterocycles. The van der Waals surface area contributed by atoms with Crippen molar-refractivity contribution in [3.05, 3.63) is 176 Å². The van der Waals surface area contributed by atoms with Gasteiger partial charge in [0.15, 0.2) is 17.5 Å². The predicted molar refractivity (Wildman–Crippen MR) is 200 cm³/mol. The molecule has 0 atom stereocenters. The van der Waals surface area contributed by atoms with E-state index in [-0.39, 0.29) is 0 Å². The summed E-state index contributed by atoms with van der Waals surface area (Å²) in [5, 5.41) is 2.17. The van der Waals surface area contributed by atoms with Crippen LogP contribution in [-0.2, 0) is 0 Å². The summed E-state index contributed by atoms with van der Waals surface area (Å²) >= 11 is 0. The Morgan fingerprint density at radius 1 is 0.306 bits per heavy atom. The first-order chi connectivity index (χ1) is 24.3. The van der Waals surface area contributed by atoms with E-state index in [9.17, 15) is 0 Å². The fraction of sp³-hybridized carbons (Fsp3) is 0. The minimum atomic E-state index is 0.625. The second-order valence-electron chi connectivity index (χ2n) is 12.1. The number of rotatable bonds is 6. The average molecular weight is 628 g/mol. The van der Waals surface area contributed by atoms with Gasteiger partial charge >= 0.3 is 0 Å². The summed E-state index contributed by atoms with van der Waals surface area (Å²) < 4.78 is 6.39. The summed E-state index contributed by atoms with van der Waals surface area (Å²) in [6.07, 6.45) is 0. The Hall–Kier alpha value is -6.65. The first-order valence-electron chi connectivity index (χ1n) is 16.4. The minimum Gasteiger partial charge on any atom is -0.456 e. The third-order valence-corrected chi connectivity index (χ3v) is 8.95. The van der Waals surface area contributed by atoms with Crippen molar-refractivity contribution in [2.75, 3.05) is 0 Å². The molecular weight excluding hydrogens is 599 g/mol. The maximum atomic E-state index is 6.39. The summed E-state index contributed by atoms with van der Waals surface area (Å²) in [5.41, 5.74) is 11.4. The van der Waals surface area contributed by atoms with Crippen LogP contribution in [0.15, 0.2) is 180 Å². The number of hydrogen-bond donors (Lipinski definition) is 0. The number of fused-ring (bicyclic) bond motifs is 3. The van der Waals surface area contributed by atoms with Crippen LogP contribution in [0.25, 0.3) is 89.5 Å². The number of nitrogens with zero attached hydrogens (tertiary/aromatic N) is 3. The highest BCUT2D eigenvalue weighted by Crippen LogP contribution is 2.39. The van der Waals surface area contributed by atoms with Crippen LogP contribution in [0, 0.1) is 0 Å². The molecule has 0 amide bonds. The molecule has 0 radical (unpaired) electrons. The second-order valence-corrected chi connectivity index (χ2v) is 12.1. The molecule has 0 aliphatic carbocycles. The van der Waals surface area contributed by atoms with E-state index in [2.05, 4.69) is 103 Å². The average Bonchev–Trinajstić information content (AvgIpc) is 3.57. The van der Waals surface area contributed by atoms with Crippen molar-refractivity contribution < 1.29 is 4.42 Å². The number of hydrogen-bond acceptors (Lipinski definition) is 4. The molecule has 0 aliphatic heterocycles. The molecule has 0 saturated carbocycles. The van der Waals surface area contributed by atoms with Crippen molar-refractivity contribution >= 4 is 21.9 Å². The van der Waals surface area contributed by atoms with Crippen molar-refractivity contribution in [3.63, 3.8) is 0 Å². The molecule has 0 spiro atoms. The zero-order valence-electron chi connectivity index (χ0n) is 26.5. The van der Waals surface area contributed by atoms with Gasteiger partial charge in [-0.05, 0) is 57.6 Å². The number of aromatic nitrogens is 3. The largest absolute Gasteiger partial charge is 0.456 e. The number of furan rings is 1. The zero-order valence-corrected chi connectivity index (χ0v) is 26.5. The third-order valence-electron chi connectivity index (χ3n) is 8.95. The highest BCUT2D eigenvalue weighted by Gasteiger charge is 2.16. The molecule has 4 heteroatoms. The highest BCUT2D eigenvalue weighted by molar-refractivity contribution is 6.13. The topological polar surface area (TPSA) is 51.8 Å². The van der Waals surface area contributed by atoms with Gasteiger partial charge < -0.3 is 4.42 Å². The van der Waals surface area contributed by atoms with E-state index in [1.807, 2.05) is 72.8 Å². The molecule has 230 valence electrons. The van der Waals surface area contributed by atoms with Gasteiger partial charge in [0.05, 0.1) is 0 Å². The standard InChI is InChI=1S/C45H29N3O/c1-4-12-30(13-5-1)31-22-24-32(25-23-31)35-26-27-40-39(29-35)42-38(20-11-21-41(42)49-40)36-18-10-19-37(28-36)45-47-43(33-14-6-2-7-15-33)46-44(48-45)34-16-8-3-9-17-34/h1-29H. The lowest BCUT2D eigenvalue weighted by Crippen LogP contribution is -2.00. The van der Waals surface area contributed by atoms with E-state index >= 15 is 0 Å². The third kappa shape index (κ3) is 5.45. The number of benzene rings is 7. The van der Waals surface area contributed by atoms with Gasteiger partial charge in [0.25, 0.3) is 0 Å². The molecule has 4 nitrogen and oxygen atoms in total. The summed E-state index contributed by atoms with van der Waals surface area (Å²) in [6, 6.07) is 60.5.